The van der Waals surface area contributed by atoms with E-state index in [0.29, 0.717) is 24.7 Å². The number of morpholine rings is 1. The zero-order chi connectivity index (χ0) is 22.7. The van der Waals surface area contributed by atoms with Crippen LogP contribution in [0.5, 0.6) is 11.5 Å². The van der Waals surface area contributed by atoms with Gasteiger partial charge in [0.1, 0.15) is 6.61 Å². The Morgan fingerprint density at radius 1 is 0.879 bits per heavy atom. The summed E-state index contributed by atoms with van der Waals surface area (Å²) in [5.74, 6) is 1.16. The lowest BCUT2D eigenvalue weighted by Gasteiger charge is -2.28. The van der Waals surface area contributed by atoms with E-state index in [1.807, 2.05) is 24.3 Å². The Morgan fingerprint density at radius 3 is 2.42 bits per heavy atom. The van der Waals surface area contributed by atoms with Crippen LogP contribution >= 0.6 is 0 Å². The van der Waals surface area contributed by atoms with Crippen molar-refractivity contribution in [1.29, 1.82) is 0 Å². The number of carbonyl (C=O) groups excluding carboxylic acids is 1. The van der Waals surface area contributed by atoms with Gasteiger partial charge in [-0.25, -0.2) is 0 Å². The highest BCUT2D eigenvalue weighted by Gasteiger charge is 2.15. The van der Waals surface area contributed by atoms with Crippen LogP contribution in [0.1, 0.15) is 17.5 Å². The van der Waals surface area contributed by atoms with Crippen LogP contribution in [0, 0.1) is 0 Å². The number of nitrogens with zero attached hydrogens (tertiary/aromatic N) is 2. The van der Waals surface area contributed by atoms with Gasteiger partial charge in [-0.05, 0) is 36.1 Å². The maximum Gasteiger partial charge on any atom is 0.257 e. The number of benzene rings is 2. The molecule has 1 saturated heterocycles. The Hall–Kier alpha value is -2.61. The van der Waals surface area contributed by atoms with E-state index in [1.54, 1.807) is 0 Å². The first kappa shape index (κ1) is 23.5. The van der Waals surface area contributed by atoms with Crippen LogP contribution in [0.25, 0.3) is 0 Å². The van der Waals surface area contributed by atoms with Crippen LogP contribution in [0.15, 0.2) is 48.5 Å². The van der Waals surface area contributed by atoms with Crippen molar-refractivity contribution in [3.63, 3.8) is 0 Å². The molecule has 178 valence electrons. The van der Waals surface area contributed by atoms with Crippen LogP contribution in [0.3, 0.4) is 0 Å². The molecule has 2 heterocycles. The zero-order valence-electron chi connectivity index (χ0n) is 19.3. The molecular weight excluding hydrogens is 418 g/mol. The number of rotatable bonds is 11. The minimum Gasteiger partial charge on any atom is -0.488 e. The average Bonchev–Trinajstić information content (AvgIpc) is 2.86. The molecular formula is C26H35N3O4. The molecule has 0 atom stereocenters. The summed E-state index contributed by atoms with van der Waals surface area (Å²) < 4.78 is 17.0. The molecule has 7 nitrogen and oxygen atoms in total. The van der Waals surface area contributed by atoms with E-state index in [4.69, 9.17) is 14.2 Å². The smallest absolute Gasteiger partial charge is 0.257 e. The van der Waals surface area contributed by atoms with Crippen LogP contribution in [-0.4, -0.2) is 81.4 Å². The molecule has 0 saturated carbocycles. The Labute approximate surface area is 196 Å². The van der Waals surface area contributed by atoms with Crippen molar-refractivity contribution in [2.75, 3.05) is 65.7 Å². The van der Waals surface area contributed by atoms with Crippen LogP contribution in [0.4, 0.5) is 0 Å². The van der Waals surface area contributed by atoms with Gasteiger partial charge in [0, 0.05) is 45.8 Å². The van der Waals surface area contributed by atoms with Crippen molar-refractivity contribution in [1.82, 2.24) is 15.1 Å². The Kier molecular flexibility index (Phi) is 8.98. The summed E-state index contributed by atoms with van der Waals surface area (Å²) in [6, 6.07) is 16.2. The molecule has 2 aliphatic heterocycles. The minimum absolute atomic E-state index is 0.0130. The largest absolute Gasteiger partial charge is 0.488 e. The predicted molar refractivity (Wildman–Crippen MR) is 128 cm³/mol. The monoisotopic (exact) mass is 453 g/mol. The quantitative estimate of drug-likeness (QED) is 0.527. The van der Waals surface area contributed by atoms with Crippen molar-refractivity contribution in [3.05, 3.63) is 59.7 Å². The van der Waals surface area contributed by atoms with Gasteiger partial charge in [-0.3, -0.25) is 14.6 Å². The van der Waals surface area contributed by atoms with E-state index in [1.165, 1.54) is 11.1 Å². The number of ether oxygens (including phenoxy) is 3. The maximum absolute atomic E-state index is 12.3. The van der Waals surface area contributed by atoms with Gasteiger partial charge in [0.05, 0.1) is 13.2 Å². The highest BCUT2D eigenvalue weighted by Crippen LogP contribution is 2.26. The van der Waals surface area contributed by atoms with Crippen molar-refractivity contribution >= 4 is 5.91 Å². The standard InChI is InChI=1S/C26H35N3O4/c30-26(27-11-5-12-29-13-10-22-6-1-2-7-23(22)20-29)21-33-25-9-4-3-8-24(25)32-19-16-28-14-17-31-18-15-28/h1-4,6-9H,5,10-21H2,(H,27,30). The van der Waals surface area contributed by atoms with Crippen molar-refractivity contribution in [2.45, 2.75) is 19.4 Å². The Morgan fingerprint density at radius 2 is 1.61 bits per heavy atom. The first-order valence-corrected chi connectivity index (χ1v) is 12.0. The third-order valence-electron chi connectivity index (χ3n) is 6.16. The second-order valence-electron chi connectivity index (χ2n) is 8.54. The van der Waals surface area contributed by atoms with Gasteiger partial charge in [0.15, 0.2) is 18.1 Å². The molecule has 0 unspecified atom stereocenters. The Bertz CT molecular complexity index is 885. The van der Waals surface area contributed by atoms with Gasteiger partial charge in [-0.2, -0.15) is 0 Å². The number of hydrogen-bond acceptors (Lipinski definition) is 6. The molecule has 2 aliphatic rings. The van der Waals surface area contributed by atoms with Crippen LogP contribution in [0.2, 0.25) is 0 Å². The summed E-state index contributed by atoms with van der Waals surface area (Å²) in [7, 11) is 0. The molecule has 0 aliphatic carbocycles. The third kappa shape index (κ3) is 7.45. The fourth-order valence-corrected chi connectivity index (χ4v) is 4.27. The van der Waals surface area contributed by atoms with Gasteiger partial charge in [-0.1, -0.05) is 36.4 Å². The summed E-state index contributed by atoms with van der Waals surface area (Å²) >= 11 is 0. The highest BCUT2D eigenvalue weighted by molar-refractivity contribution is 5.77. The van der Waals surface area contributed by atoms with Crippen LogP contribution in [-0.2, 0) is 22.5 Å². The SMILES string of the molecule is O=C(COc1ccccc1OCCN1CCOCC1)NCCCN1CCc2ccccc2C1. The van der Waals surface area contributed by atoms with E-state index in [2.05, 4.69) is 39.4 Å². The lowest BCUT2D eigenvalue weighted by atomic mass is 10.00. The fraction of sp³-hybridized carbons (Fsp3) is 0.500. The van der Waals surface area contributed by atoms with E-state index < -0.39 is 0 Å². The first-order chi connectivity index (χ1) is 16.3. The van der Waals surface area contributed by atoms with E-state index in [0.717, 1.165) is 65.3 Å². The van der Waals surface area contributed by atoms with Gasteiger partial charge in [-0.15, -0.1) is 0 Å². The zero-order valence-corrected chi connectivity index (χ0v) is 19.3. The summed E-state index contributed by atoms with van der Waals surface area (Å²) in [4.78, 5) is 17.0. The molecule has 4 rings (SSSR count). The molecule has 1 N–H and O–H groups in total. The third-order valence-corrected chi connectivity index (χ3v) is 6.16. The van der Waals surface area contributed by atoms with E-state index >= 15 is 0 Å². The van der Waals surface area contributed by atoms with E-state index in [-0.39, 0.29) is 12.5 Å². The number of fused-ring (bicyclic) bond motifs is 1. The summed E-state index contributed by atoms with van der Waals surface area (Å²) in [5.41, 5.74) is 2.89. The summed E-state index contributed by atoms with van der Waals surface area (Å²) in [6.07, 6.45) is 2.03. The van der Waals surface area contributed by atoms with Gasteiger partial charge >= 0.3 is 0 Å². The number of amides is 1. The average molecular weight is 454 g/mol. The highest BCUT2D eigenvalue weighted by atomic mass is 16.5. The maximum atomic E-state index is 12.3. The van der Waals surface area contributed by atoms with Crippen molar-refractivity contribution in [2.24, 2.45) is 0 Å². The van der Waals surface area contributed by atoms with Crippen LogP contribution < -0.4 is 14.8 Å². The summed E-state index contributed by atoms with van der Waals surface area (Å²) in [6.45, 7) is 8.55. The molecule has 0 aromatic heterocycles. The molecule has 1 fully saturated rings. The van der Waals surface area contributed by atoms with Crippen molar-refractivity contribution < 1.29 is 19.0 Å². The molecule has 0 spiro atoms. The van der Waals surface area contributed by atoms with Crippen molar-refractivity contribution in [3.8, 4) is 11.5 Å². The van der Waals surface area contributed by atoms with Gasteiger partial charge in [0.25, 0.3) is 5.91 Å². The molecule has 0 bridgehead atoms. The second-order valence-corrected chi connectivity index (χ2v) is 8.54. The number of hydrogen-bond donors (Lipinski definition) is 1. The fourth-order valence-electron chi connectivity index (χ4n) is 4.27. The summed E-state index contributed by atoms with van der Waals surface area (Å²) in [5, 5.41) is 2.97. The molecule has 2 aromatic carbocycles. The number of para-hydroxylation sites is 2. The molecule has 7 heteroatoms. The number of carbonyl (C=O) groups is 1. The molecule has 0 radical (unpaired) electrons. The van der Waals surface area contributed by atoms with Gasteiger partial charge < -0.3 is 19.5 Å². The number of nitrogens with one attached hydrogen (secondary N) is 1. The normalized spacial score (nSPS) is 16.7. The minimum atomic E-state index is -0.109. The first-order valence-electron chi connectivity index (χ1n) is 12.0. The van der Waals surface area contributed by atoms with E-state index in [9.17, 15) is 4.79 Å². The topological polar surface area (TPSA) is 63.3 Å². The second kappa shape index (κ2) is 12.6. The lowest BCUT2D eigenvalue weighted by Crippen LogP contribution is -2.38. The molecule has 33 heavy (non-hydrogen) atoms. The molecule has 2 aromatic rings. The lowest BCUT2D eigenvalue weighted by molar-refractivity contribution is -0.123. The van der Waals surface area contributed by atoms with Gasteiger partial charge in [0.2, 0.25) is 0 Å². The Balaban J connectivity index is 1.12. The predicted octanol–water partition coefficient (Wildman–Crippen LogP) is 2.34. The molecule has 1 amide bonds.